The topological polar surface area (TPSA) is 57.5 Å². The van der Waals surface area contributed by atoms with Crippen LogP contribution in [-0.4, -0.2) is 28.2 Å². The first kappa shape index (κ1) is 14.9. The third-order valence-corrected chi connectivity index (χ3v) is 7.93. The molecule has 3 heteroatoms. The van der Waals surface area contributed by atoms with Crippen molar-refractivity contribution >= 4 is 5.78 Å². The molecule has 22 heavy (non-hydrogen) atoms. The summed E-state index contributed by atoms with van der Waals surface area (Å²) in [5.41, 5.74) is 1.04. The van der Waals surface area contributed by atoms with E-state index in [9.17, 15) is 15.0 Å². The lowest BCUT2D eigenvalue weighted by Gasteiger charge is -2.58. The molecule has 0 spiro atoms. The summed E-state index contributed by atoms with van der Waals surface area (Å²) in [7, 11) is 0. The van der Waals surface area contributed by atoms with E-state index in [-0.39, 0.29) is 22.7 Å². The van der Waals surface area contributed by atoms with Gasteiger partial charge in [0.1, 0.15) is 0 Å². The summed E-state index contributed by atoms with van der Waals surface area (Å²) in [6, 6.07) is 0. The smallest absolute Gasteiger partial charge is 0.155 e. The molecule has 4 aliphatic rings. The number of rotatable bonds is 0. The fourth-order valence-electron chi connectivity index (χ4n) is 6.58. The van der Waals surface area contributed by atoms with Gasteiger partial charge in [0.2, 0.25) is 0 Å². The molecule has 0 aliphatic heterocycles. The second-order valence-electron chi connectivity index (χ2n) is 8.75. The minimum atomic E-state index is -0.462. The minimum absolute atomic E-state index is 0.00881. The van der Waals surface area contributed by atoms with Crippen molar-refractivity contribution in [3.63, 3.8) is 0 Å². The van der Waals surface area contributed by atoms with Crippen LogP contribution < -0.4 is 0 Å². The first-order valence-electron chi connectivity index (χ1n) is 8.97. The van der Waals surface area contributed by atoms with E-state index in [2.05, 4.69) is 13.8 Å². The maximum Gasteiger partial charge on any atom is 0.155 e. The Balaban J connectivity index is 1.73. The number of carbonyl (C=O) groups is 1. The van der Waals surface area contributed by atoms with Crippen molar-refractivity contribution in [1.29, 1.82) is 0 Å². The Morgan fingerprint density at radius 2 is 1.86 bits per heavy atom. The molecule has 0 radical (unpaired) electrons. The molecule has 0 heterocycles. The summed E-state index contributed by atoms with van der Waals surface area (Å²) in [5.74, 6) is 1.79. The number of ketones is 1. The molecule has 0 aromatic heterocycles. The Labute approximate surface area is 132 Å². The Kier molecular flexibility index (Phi) is 3.16. The Bertz CT molecular complexity index is 539. The average molecular weight is 304 g/mol. The van der Waals surface area contributed by atoms with Crippen molar-refractivity contribution in [2.24, 2.45) is 28.6 Å². The van der Waals surface area contributed by atoms with Crippen molar-refractivity contribution in [3.05, 3.63) is 11.6 Å². The predicted molar refractivity (Wildman–Crippen MR) is 84.1 cm³/mol. The largest absolute Gasteiger partial charge is 0.393 e. The number of hydrogen-bond donors (Lipinski definition) is 2. The van der Waals surface area contributed by atoms with Crippen LogP contribution >= 0.6 is 0 Å². The lowest BCUT2D eigenvalue weighted by Crippen LogP contribution is -2.54. The highest BCUT2D eigenvalue weighted by Crippen LogP contribution is 2.65. The molecule has 0 amide bonds. The van der Waals surface area contributed by atoms with Crippen LogP contribution in [0, 0.1) is 28.6 Å². The normalized spacial score (nSPS) is 54.3. The van der Waals surface area contributed by atoms with Gasteiger partial charge in [0.25, 0.3) is 0 Å². The van der Waals surface area contributed by atoms with Gasteiger partial charge in [-0.15, -0.1) is 0 Å². The molecule has 0 saturated heterocycles. The third kappa shape index (κ3) is 1.78. The molecule has 0 bridgehead atoms. The highest BCUT2D eigenvalue weighted by atomic mass is 16.3. The summed E-state index contributed by atoms with van der Waals surface area (Å²) in [6.45, 7) is 4.54. The van der Waals surface area contributed by atoms with Crippen LogP contribution in [-0.2, 0) is 4.79 Å². The van der Waals surface area contributed by atoms with Crippen molar-refractivity contribution in [2.45, 2.75) is 71.0 Å². The standard InChI is InChI=1S/C19H28O3/c1-18-7-5-11(20)9-15(18)16(21)10-12-13-3-4-17(22)19(13,2)8-6-14(12)18/h9,12-14,16-17,21-22H,3-8,10H2,1-2H3/t12-,13-,14-,16-,17-,18+,19+/m0/s1. The minimum Gasteiger partial charge on any atom is -0.393 e. The monoisotopic (exact) mass is 304 g/mol. The van der Waals surface area contributed by atoms with Gasteiger partial charge in [0, 0.05) is 6.42 Å². The van der Waals surface area contributed by atoms with Gasteiger partial charge in [-0.3, -0.25) is 4.79 Å². The van der Waals surface area contributed by atoms with Gasteiger partial charge in [0.05, 0.1) is 12.2 Å². The molecule has 0 aromatic carbocycles. The zero-order valence-corrected chi connectivity index (χ0v) is 13.7. The summed E-state index contributed by atoms with van der Waals surface area (Å²) in [4.78, 5) is 11.8. The fourth-order valence-corrected chi connectivity index (χ4v) is 6.58. The van der Waals surface area contributed by atoms with E-state index in [0.29, 0.717) is 24.2 Å². The average Bonchev–Trinajstić information content (AvgIpc) is 2.77. The van der Waals surface area contributed by atoms with Crippen molar-refractivity contribution in [2.75, 3.05) is 0 Å². The Hall–Kier alpha value is -0.670. The number of aliphatic hydroxyl groups excluding tert-OH is 2. The highest BCUT2D eigenvalue weighted by Gasteiger charge is 2.60. The van der Waals surface area contributed by atoms with Crippen molar-refractivity contribution < 1.29 is 15.0 Å². The van der Waals surface area contributed by atoms with E-state index in [1.807, 2.05) is 0 Å². The molecule has 7 atom stereocenters. The molecule has 2 N–H and O–H groups in total. The van der Waals surface area contributed by atoms with Gasteiger partial charge in [-0.05, 0) is 78.8 Å². The van der Waals surface area contributed by atoms with Gasteiger partial charge >= 0.3 is 0 Å². The summed E-state index contributed by atoms with van der Waals surface area (Å²) in [6.07, 6.45) is 7.65. The van der Waals surface area contributed by atoms with Crippen LogP contribution in [0.5, 0.6) is 0 Å². The van der Waals surface area contributed by atoms with Gasteiger partial charge in [-0.2, -0.15) is 0 Å². The quantitative estimate of drug-likeness (QED) is 0.723. The van der Waals surface area contributed by atoms with Gasteiger partial charge < -0.3 is 10.2 Å². The lowest BCUT2D eigenvalue weighted by molar-refractivity contribution is -0.120. The van der Waals surface area contributed by atoms with E-state index in [4.69, 9.17) is 0 Å². The van der Waals surface area contributed by atoms with E-state index < -0.39 is 6.10 Å². The first-order chi connectivity index (χ1) is 10.4. The molecule has 3 nitrogen and oxygen atoms in total. The maximum atomic E-state index is 11.8. The second-order valence-corrected chi connectivity index (χ2v) is 8.75. The van der Waals surface area contributed by atoms with E-state index in [0.717, 1.165) is 44.1 Å². The van der Waals surface area contributed by atoms with Crippen LogP contribution in [0.25, 0.3) is 0 Å². The zero-order valence-electron chi connectivity index (χ0n) is 13.7. The maximum absolute atomic E-state index is 11.8. The van der Waals surface area contributed by atoms with Crippen LogP contribution in [0.1, 0.15) is 58.8 Å². The second kappa shape index (κ2) is 4.67. The van der Waals surface area contributed by atoms with E-state index in [1.165, 1.54) is 0 Å². The molecular formula is C19H28O3. The summed E-state index contributed by atoms with van der Waals surface area (Å²) in [5, 5.41) is 21.2. The zero-order chi connectivity index (χ0) is 15.7. The van der Waals surface area contributed by atoms with Crippen molar-refractivity contribution in [1.82, 2.24) is 0 Å². The fraction of sp³-hybridized carbons (Fsp3) is 0.842. The molecular weight excluding hydrogens is 276 g/mol. The molecule has 4 aliphatic carbocycles. The van der Waals surface area contributed by atoms with Crippen molar-refractivity contribution in [3.8, 4) is 0 Å². The van der Waals surface area contributed by atoms with Crippen LogP contribution in [0.4, 0.5) is 0 Å². The summed E-state index contributed by atoms with van der Waals surface area (Å²) >= 11 is 0. The lowest BCUT2D eigenvalue weighted by atomic mass is 9.47. The number of hydrogen-bond acceptors (Lipinski definition) is 3. The Morgan fingerprint density at radius 1 is 1.09 bits per heavy atom. The van der Waals surface area contributed by atoms with Crippen LogP contribution in [0.3, 0.4) is 0 Å². The Morgan fingerprint density at radius 3 is 2.64 bits per heavy atom. The van der Waals surface area contributed by atoms with Crippen LogP contribution in [0.2, 0.25) is 0 Å². The first-order valence-corrected chi connectivity index (χ1v) is 8.97. The van der Waals surface area contributed by atoms with Crippen LogP contribution in [0.15, 0.2) is 11.6 Å². The number of aliphatic hydroxyl groups is 2. The molecule has 3 fully saturated rings. The number of carbonyl (C=O) groups excluding carboxylic acids is 1. The van der Waals surface area contributed by atoms with Gasteiger partial charge in [-0.1, -0.05) is 13.8 Å². The van der Waals surface area contributed by atoms with Gasteiger partial charge in [0.15, 0.2) is 5.78 Å². The number of fused-ring (bicyclic) bond motifs is 5. The molecule has 122 valence electrons. The molecule has 4 rings (SSSR count). The molecule has 3 saturated carbocycles. The van der Waals surface area contributed by atoms with Gasteiger partial charge in [-0.25, -0.2) is 0 Å². The van der Waals surface area contributed by atoms with E-state index in [1.54, 1.807) is 6.08 Å². The summed E-state index contributed by atoms with van der Waals surface area (Å²) < 4.78 is 0. The molecule has 0 aromatic rings. The van der Waals surface area contributed by atoms with E-state index >= 15 is 0 Å². The third-order valence-electron chi connectivity index (χ3n) is 7.93. The predicted octanol–water partition coefficient (Wildman–Crippen LogP) is 2.85. The SMILES string of the molecule is C[C@@]12CC[C@H]3[C@@H](C[C@H](O)C4=CC(=O)CC[C@@]43C)[C@@H]1CC[C@@H]2O. The highest BCUT2D eigenvalue weighted by molar-refractivity contribution is 5.91. The molecule has 0 unspecified atom stereocenters.